The molecule has 0 unspecified atom stereocenters. The van der Waals surface area contributed by atoms with Gasteiger partial charge in [-0.1, -0.05) is 30.3 Å². The number of carbonyl (C=O) groups is 2. The van der Waals surface area contributed by atoms with E-state index in [2.05, 4.69) is 10.6 Å². The Balaban J connectivity index is 2.22. The van der Waals surface area contributed by atoms with Crippen LogP contribution in [0.3, 0.4) is 0 Å². The van der Waals surface area contributed by atoms with Crippen molar-refractivity contribution >= 4 is 23.2 Å². The normalized spacial score (nSPS) is 10.0. The van der Waals surface area contributed by atoms with Gasteiger partial charge in [0.1, 0.15) is 0 Å². The molecule has 0 fully saturated rings. The Labute approximate surface area is 123 Å². The summed E-state index contributed by atoms with van der Waals surface area (Å²) in [7, 11) is 0. The third-order valence-corrected chi connectivity index (χ3v) is 3.02. The fourth-order valence-corrected chi connectivity index (χ4v) is 1.92. The van der Waals surface area contributed by atoms with Gasteiger partial charge >= 0.3 is 0 Å². The summed E-state index contributed by atoms with van der Waals surface area (Å²) in [6.45, 7) is 1.76. The number of nitrogens with one attached hydrogen (secondary N) is 2. The topological polar surface area (TPSA) is 84.2 Å². The smallest absolute Gasteiger partial charge is 0.255 e. The predicted octanol–water partition coefficient (Wildman–Crippen LogP) is 2.14. The highest BCUT2D eigenvalue weighted by Gasteiger charge is 2.11. The molecule has 0 saturated heterocycles. The van der Waals surface area contributed by atoms with Gasteiger partial charge in [-0.25, -0.2) is 0 Å². The summed E-state index contributed by atoms with van der Waals surface area (Å²) in [6, 6.07) is 14.3. The van der Waals surface area contributed by atoms with Crippen LogP contribution in [-0.2, 0) is 4.79 Å². The fourth-order valence-electron chi connectivity index (χ4n) is 1.92. The van der Waals surface area contributed by atoms with Gasteiger partial charge in [0.25, 0.3) is 5.91 Å². The standard InChI is InChI=1S/C16H17N3O2/c1-11-6-2-3-7-12(11)16(21)19-14-9-5-4-8-13(14)18-15(20)10-17/h2-9H,10,17H2,1H3,(H,18,20)(H,19,21). The molecular weight excluding hydrogens is 266 g/mol. The molecule has 0 spiro atoms. The molecule has 0 aliphatic carbocycles. The van der Waals surface area contributed by atoms with Crippen LogP contribution in [0.1, 0.15) is 15.9 Å². The van der Waals surface area contributed by atoms with E-state index in [-0.39, 0.29) is 18.4 Å². The van der Waals surface area contributed by atoms with E-state index in [1.165, 1.54) is 0 Å². The van der Waals surface area contributed by atoms with Crippen LogP contribution < -0.4 is 16.4 Å². The second kappa shape index (κ2) is 6.67. The summed E-state index contributed by atoms with van der Waals surface area (Å²) in [5.41, 5.74) is 7.82. The number of hydrogen-bond donors (Lipinski definition) is 3. The van der Waals surface area contributed by atoms with E-state index in [0.29, 0.717) is 16.9 Å². The quantitative estimate of drug-likeness (QED) is 0.803. The highest BCUT2D eigenvalue weighted by molar-refractivity contribution is 6.08. The second-order valence-corrected chi connectivity index (χ2v) is 4.57. The van der Waals surface area contributed by atoms with E-state index in [9.17, 15) is 9.59 Å². The third kappa shape index (κ3) is 3.67. The molecule has 0 heterocycles. The minimum atomic E-state index is -0.312. The molecule has 4 N–H and O–H groups in total. The largest absolute Gasteiger partial charge is 0.323 e. The predicted molar refractivity (Wildman–Crippen MR) is 83.3 cm³/mol. The van der Waals surface area contributed by atoms with Gasteiger partial charge in [-0.05, 0) is 30.7 Å². The molecule has 0 aliphatic heterocycles. The van der Waals surface area contributed by atoms with Gasteiger partial charge in [0, 0.05) is 5.56 Å². The summed E-state index contributed by atoms with van der Waals surface area (Å²) < 4.78 is 0. The molecule has 0 radical (unpaired) electrons. The van der Waals surface area contributed by atoms with Crippen LogP contribution in [0.25, 0.3) is 0 Å². The van der Waals surface area contributed by atoms with Crippen molar-refractivity contribution in [3.63, 3.8) is 0 Å². The number of rotatable bonds is 4. The first kappa shape index (κ1) is 14.7. The van der Waals surface area contributed by atoms with E-state index in [4.69, 9.17) is 5.73 Å². The summed E-state index contributed by atoms with van der Waals surface area (Å²) in [5.74, 6) is -0.532. The molecule has 0 bridgehead atoms. The summed E-state index contributed by atoms with van der Waals surface area (Å²) >= 11 is 0. The second-order valence-electron chi connectivity index (χ2n) is 4.57. The fraction of sp³-hybridized carbons (Fsp3) is 0.125. The lowest BCUT2D eigenvalue weighted by atomic mass is 10.1. The molecule has 108 valence electrons. The van der Waals surface area contributed by atoms with E-state index >= 15 is 0 Å². The van der Waals surface area contributed by atoms with Gasteiger partial charge in [0.15, 0.2) is 0 Å². The highest BCUT2D eigenvalue weighted by Crippen LogP contribution is 2.22. The lowest BCUT2D eigenvalue weighted by Crippen LogP contribution is -2.23. The van der Waals surface area contributed by atoms with Crippen LogP contribution in [0.2, 0.25) is 0 Å². The lowest BCUT2D eigenvalue weighted by molar-refractivity contribution is -0.114. The minimum Gasteiger partial charge on any atom is -0.323 e. The van der Waals surface area contributed by atoms with E-state index in [0.717, 1.165) is 5.56 Å². The number of aryl methyl sites for hydroxylation is 1. The van der Waals surface area contributed by atoms with Gasteiger partial charge in [-0.2, -0.15) is 0 Å². The number of anilines is 2. The maximum absolute atomic E-state index is 12.3. The molecule has 5 heteroatoms. The molecule has 2 rings (SSSR count). The van der Waals surface area contributed by atoms with Crippen molar-refractivity contribution in [2.24, 2.45) is 5.73 Å². The summed E-state index contributed by atoms with van der Waals surface area (Å²) in [5, 5.41) is 5.46. The molecular formula is C16H17N3O2. The zero-order chi connectivity index (χ0) is 15.2. The molecule has 2 amide bonds. The van der Waals surface area contributed by atoms with Crippen molar-refractivity contribution in [3.8, 4) is 0 Å². The van der Waals surface area contributed by atoms with Crippen LogP contribution in [0.4, 0.5) is 11.4 Å². The molecule has 0 saturated carbocycles. The van der Waals surface area contributed by atoms with Crippen molar-refractivity contribution in [3.05, 3.63) is 59.7 Å². The number of benzene rings is 2. The first-order valence-electron chi connectivity index (χ1n) is 6.57. The van der Waals surface area contributed by atoms with E-state index < -0.39 is 0 Å². The molecule has 0 aromatic heterocycles. The van der Waals surface area contributed by atoms with E-state index in [1.807, 2.05) is 25.1 Å². The number of amides is 2. The molecule has 0 atom stereocenters. The monoisotopic (exact) mass is 283 g/mol. The van der Waals surface area contributed by atoms with Crippen LogP contribution >= 0.6 is 0 Å². The van der Waals surface area contributed by atoms with E-state index in [1.54, 1.807) is 30.3 Å². The Kier molecular flexibility index (Phi) is 4.68. The van der Waals surface area contributed by atoms with Gasteiger partial charge < -0.3 is 16.4 Å². The number of carbonyl (C=O) groups excluding carboxylic acids is 2. The van der Waals surface area contributed by atoms with Gasteiger partial charge in [0.05, 0.1) is 17.9 Å². The van der Waals surface area contributed by atoms with Crippen LogP contribution in [0.15, 0.2) is 48.5 Å². The average molecular weight is 283 g/mol. The van der Waals surface area contributed by atoms with Gasteiger partial charge in [-0.15, -0.1) is 0 Å². The Morgan fingerprint density at radius 2 is 1.52 bits per heavy atom. The average Bonchev–Trinajstić information content (AvgIpc) is 2.49. The van der Waals surface area contributed by atoms with Crippen molar-refractivity contribution in [1.29, 1.82) is 0 Å². The summed E-state index contributed by atoms with van der Waals surface area (Å²) in [6.07, 6.45) is 0. The molecule has 2 aromatic carbocycles. The number of para-hydroxylation sites is 2. The maximum Gasteiger partial charge on any atom is 0.255 e. The van der Waals surface area contributed by atoms with Crippen molar-refractivity contribution < 1.29 is 9.59 Å². The Hall–Kier alpha value is -2.66. The minimum absolute atomic E-state index is 0.111. The first-order chi connectivity index (χ1) is 10.1. The molecule has 5 nitrogen and oxygen atoms in total. The highest BCUT2D eigenvalue weighted by atomic mass is 16.2. The Morgan fingerprint density at radius 1 is 0.952 bits per heavy atom. The SMILES string of the molecule is Cc1ccccc1C(=O)Nc1ccccc1NC(=O)CN. The molecule has 21 heavy (non-hydrogen) atoms. The zero-order valence-electron chi connectivity index (χ0n) is 11.7. The molecule has 0 aliphatic rings. The van der Waals surface area contributed by atoms with Crippen molar-refractivity contribution in [1.82, 2.24) is 0 Å². The Bertz CT molecular complexity index is 668. The van der Waals surface area contributed by atoms with Crippen molar-refractivity contribution in [2.75, 3.05) is 17.2 Å². The third-order valence-electron chi connectivity index (χ3n) is 3.02. The zero-order valence-corrected chi connectivity index (χ0v) is 11.7. The first-order valence-corrected chi connectivity index (χ1v) is 6.57. The lowest BCUT2D eigenvalue weighted by Gasteiger charge is -2.12. The van der Waals surface area contributed by atoms with Crippen LogP contribution in [-0.4, -0.2) is 18.4 Å². The molecule has 2 aromatic rings. The maximum atomic E-state index is 12.3. The summed E-state index contributed by atoms with van der Waals surface area (Å²) in [4.78, 5) is 23.7. The van der Waals surface area contributed by atoms with Crippen LogP contribution in [0.5, 0.6) is 0 Å². The van der Waals surface area contributed by atoms with Crippen LogP contribution in [0, 0.1) is 6.92 Å². The Morgan fingerprint density at radius 3 is 2.14 bits per heavy atom. The number of nitrogens with two attached hydrogens (primary N) is 1. The number of hydrogen-bond acceptors (Lipinski definition) is 3. The van der Waals surface area contributed by atoms with Crippen molar-refractivity contribution in [2.45, 2.75) is 6.92 Å². The van der Waals surface area contributed by atoms with Gasteiger partial charge in [-0.3, -0.25) is 9.59 Å². The van der Waals surface area contributed by atoms with Gasteiger partial charge in [0.2, 0.25) is 5.91 Å².